The number of nitrogens with zero attached hydrogens (tertiary/aromatic N) is 8. The number of amides is 3. The topological polar surface area (TPSA) is 363 Å². The van der Waals surface area contributed by atoms with Crippen molar-refractivity contribution in [2.75, 3.05) is 13.1 Å². The van der Waals surface area contributed by atoms with E-state index in [2.05, 4.69) is 40.1 Å². The van der Waals surface area contributed by atoms with Crippen molar-refractivity contribution in [3.8, 4) is 0 Å². The Morgan fingerprint density at radius 2 is 1.10 bits per heavy atom. The van der Waals surface area contributed by atoms with Crippen molar-refractivity contribution in [3.63, 3.8) is 0 Å². The average molecular weight is 1180 g/mol. The minimum Gasteiger partial charge on any atom is -0.565 e. The molecule has 436 valence electrons. The van der Waals surface area contributed by atoms with Gasteiger partial charge in [0, 0.05) is 73.6 Å². The zero-order chi connectivity index (χ0) is 57.5. The SMILES string of the molecule is NC(=O)[C@@H](N[C@@H](CC(=O)N1CCn2c(nnc2C(F)(F)F)C1)Cc1cc(F)c(F)cc1F)c1ccccc1.N[C@@H](CC(=O)N1CCn2c(nnc2C(F)(F)F)C1)Cc1cc(F)c(F)cc1F.O.O=[P+]([O-])OO.O=[P+]([O-])OOO.[HH].[HH].[HH].[HH]. The lowest BCUT2D eigenvalue weighted by molar-refractivity contribution is -0.452. The number of alkyl halides is 6. The molecule has 2 aromatic heterocycles. The van der Waals surface area contributed by atoms with E-state index < -0.39 is 111 Å². The lowest BCUT2D eigenvalue weighted by Gasteiger charge is -2.31. The van der Waals surface area contributed by atoms with Gasteiger partial charge in [0.25, 0.3) is 0 Å². The van der Waals surface area contributed by atoms with Crippen LogP contribution < -0.4 is 26.6 Å². The molecular weight excluding hydrogens is 1130 g/mol. The van der Waals surface area contributed by atoms with Crippen LogP contribution >= 0.6 is 16.5 Å². The first-order valence-corrected chi connectivity index (χ1v) is 23.5. The fraction of sp³-hybridized carbons (Fsp3) is 0.375. The number of nitrogens with one attached hydrogen (secondary N) is 1. The van der Waals surface area contributed by atoms with Gasteiger partial charge in [-0.25, -0.2) is 36.9 Å². The van der Waals surface area contributed by atoms with Crippen LogP contribution in [0.4, 0.5) is 52.7 Å². The molecule has 2 aliphatic rings. The summed E-state index contributed by atoms with van der Waals surface area (Å²) in [4.78, 5) is 58.3. The second-order valence-corrected chi connectivity index (χ2v) is 17.1. The summed E-state index contributed by atoms with van der Waals surface area (Å²) in [5, 5.41) is 33.1. The Labute approximate surface area is 437 Å². The number of hydrogen-bond acceptors (Lipinski definition) is 18. The van der Waals surface area contributed by atoms with E-state index in [0.29, 0.717) is 29.8 Å². The molecule has 4 heterocycles. The average Bonchev–Trinajstić information content (AvgIpc) is 4.00. The second kappa shape index (κ2) is 29.3. The van der Waals surface area contributed by atoms with Crippen LogP contribution in [-0.2, 0) is 89.3 Å². The van der Waals surface area contributed by atoms with Crippen molar-refractivity contribution in [3.05, 3.63) is 129 Å². The van der Waals surface area contributed by atoms with E-state index in [1.165, 1.54) is 9.80 Å². The van der Waals surface area contributed by atoms with Gasteiger partial charge in [-0.05, 0) is 55.8 Å². The Balaban J connectivity index is 0. The molecular formula is C40H49F12N11O13P2. The van der Waals surface area contributed by atoms with E-state index in [9.17, 15) is 67.1 Å². The van der Waals surface area contributed by atoms with Crippen LogP contribution in [0.15, 0.2) is 54.6 Å². The fourth-order valence-electron chi connectivity index (χ4n) is 7.36. The smallest absolute Gasteiger partial charge is 0.524 e. The van der Waals surface area contributed by atoms with Crippen molar-refractivity contribution < 1.29 is 122 Å². The normalized spacial score (nSPS) is 14.5. The van der Waals surface area contributed by atoms with E-state index in [-0.39, 0.29) is 98.9 Å². The van der Waals surface area contributed by atoms with Crippen LogP contribution in [0.5, 0.6) is 0 Å². The van der Waals surface area contributed by atoms with Gasteiger partial charge in [0.2, 0.25) is 29.4 Å². The third-order valence-electron chi connectivity index (χ3n) is 10.7. The number of primary amides is 1. The molecule has 2 aliphatic heterocycles. The molecule has 0 spiro atoms. The summed E-state index contributed by atoms with van der Waals surface area (Å²) in [5.41, 5.74) is 11.4. The highest BCUT2D eigenvalue weighted by molar-refractivity contribution is 7.30. The highest BCUT2D eigenvalue weighted by atomic mass is 31.1. The number of benzene rings is 3. The van der Waals surface area contributed by atoms with Gasteiger partial charge in [-0.15, -0.1) is 20.4 Å². The molecule has 3 aromatic carbocycles. The minimum atomic E-state index is -4.71. The number of aromatic nitrogens is 6. The maximum Gasteiger partial charge on any atom is 0.524 e. The van der Waals surface area contributed by atoms with Crippen molar-refractivity contribution in [2.45, 2.75) is 82.3 Å². The van der Waals surface area contributed by atoms with Gasteiger partial charge in [0.05, 0.1) is 17.8 Å². The van der Waals surface area contributed by atoms with Crippen molar-refractivity contribution in [2.24, 2.45) is 11.5 Å². The quantitative estimate of drug-likeness (QED) is 0.0325. The number of halogens is 12. The minimum absolute atomic E-state index is 0. The van der Waals surface area contributed by atoms with Crippen LogP contribution in [0.3, 0.4) is 0 Å². The predicted molar refractivity (Wildman–Crippen MR) is 239 cm³/mol. The first kappa shape index (κ1) is 65.6. The molecule has 24 nitrogen and oxygen atoms in total. The number of fused-ring (bicyclic) bond motifs is 2. The number of carbonyl (C=O) groups excluding carboxylic acids is 3. The summed E-state index contributed by atoms with van der Waals surface area (Å²) in [6.45, 7) is -0.848. The molecule has 78 heavy (non-hydrogen) atoms. The molecule has 5 atom stereocenters. The van der Waals surface area contributed by atoms with Crippen molar-refractivity contribution in [1.82, 2.24) is 44.6 Å². The van der Waals surface area contributed by atoms with Crippen LogP contribution in [-0.4, -0.2) is 98.2 Å². The second-order valence-electron chi connectivity index (χ2n) is 15.9. The number of hydrogen-bond donors (Lipinski definition) is 5. The Morgan fingerprint density at radius 3 is 1.49 bits per heavy atom. The Bertz CT molecular complexity index is 2900. The third-order valence-corrected chi connectivity index (χ3v) is 11.0. The van der Waals surface area contributed by atoms with Gasteiger partial charge in [-0.3, -0.25) is 19.7 Å². The first-order chi connectivity index (χ1) is 36.0. The third kappa shape index (κ3) is 19.0. The van der Waals surface area contributed by atoms with Crippen LogP contribution in [0, 0.1) is 34.9 Å². The molecule has 3 amide bonds. The molecule has 0 fully saturated rings. The summed E-state index contributed by atoms with van der Waals surface area (Å²) < 4.78 is 185. The lowest BCUT2D eigenvalue weighted by Crippen LogP contribution is -2.46. The molecule has 9 N–H and O–H groups in total. The van der Waals surface area contributed by atoms with Gasteiger partial charge in [0.1, 0.15) is 17.7 Å². The van der Waals surface area contributed by atoms with Crippen LogP contribution in [0.25, 0.3) is 0 Å². The summed E-state index contributed by atoms with van der Waals surface area (Å²) in [6.07, 6.45) is -10.5. The molecule has 2 unspecified atom stereocenters. The monoisotopic (exact) mass is 1180 g/mol. The van der Waals surface area contributed by atoms with E-state index in [1.807, 2.05) is 0 Å². The Kier molecular flexibility index (Phi) is 24.7. The maximum atomic E-state index is 14.4. The molecule has 7 rings (SSSR count). The summed E-state index contributed by atoms with van der Waals surface area (Å²) >= 11 is 0. The van der Waals surface area contributed by atoms with Gasteiger partial charge in [0.15, 0.2) is 34.9 Å². The van der Waals surface area contributed by atoms with Crippen molar-refractivity contribution >= 4 is 34.2 Å². The van der Waals surface area contributed by atoms with Gasteiger partial charge < -0.3 is 45.7 Å². The summed E-state index contributed by atoms with van der Waals surface area (Å²) in [7, 11) is -6.12. The highest BCUT2D eigenvalue weighted by Gasteiger charge is 2.41. The Hall–Kier alpha value is -6.69. The predicted octanol–water partition coefficient (Wildman–Crippen LogP) is 3.97. The Morgan fingerprint density at radius 1 is 0.679 bits per heavy atom. The van der Waals surface area contributed by atoms with E-state index in [1.54, 1.807) is 30.3 Å². The van der Waals surface area contributed by atoms with Crippen LogP contribution in [0.2, 0.25) is 0 Å². The lowest BCUT2D eigenvalue weighted by atomic mass is 9.98. The van der Waals surface area contributed by atoms with Gasteiger partial charge in [-0.1, -0.05) is 30.3 Å². The van der Waals surface area contributed by atoms with E-state index in [4.69, 9.17) is 40.9 Å². The molecule has 5 aromatic rings. The number of rotatable bonds is 15. The van der Waals surface area contributed by atoms with E-state index in [0.717, 1.165) is 9.13 Å². The highest BCUT2D eigenvalue weighted by Crippen LogP contribution is 2.31. The van der Waals surface area contributed by atoms with Gasteiger partial charge in [-0.2, -0.15) is 26.3 Å². The molecule has 0 radical (unpaired) electrons. The molecule has 0 bridgehead atoms. The molecule has 38 heteroatoms. The van der Waals surface area contributed by atoms with Gasteiger partial charge >= 0.3 is 28.9 Å². The first-order valence-electron chi connectivity index (χ1n) is 21.3. The van der Waals surface area contributed by atoms with Crippen molar-refractivity contribution in [1.29, 1.82) is 0 Å². The van der Waals surface area contributed by atoms with E-state index >= 15 is 0 Å². The van der Waals surface area contributed by atoms with Crippen LogP contribution in [0.1, 0.15) is 64.6 Å². The zero-order valence-corrected chi connectivity index (χ0v) is 40.9. The molecule has 0 aliphatic carbocycles. The summed E-state index contributed by atoms with van der Waals surface area (Å²) in [6, 6.07) is 7.34. The number of nitrogens with two attached hydrogens (primary N) is 2. The maximum absolute atomic E-state index is 14.4. The zero-order valence-electron chi connectivity index (χ0n) is 39.1. The fourth-order valence-corrected chi connectivity index (χ4v) is 7.41. The standard InChI is InChI=1S/C24H22F6N6O2.C16H15F6N5O.HO5P.HO4P.H2O.4H2/c25-16-11-18(27)17(26)9-14(16)8-15(32-21(22(31)38)13-4-2-1-3-5-13)10-20(37)35-6-7-36-19(12-35)33-34-23(36)24(28,29)30;17-10-6-12(19)11(18)4-8(10)3-9(23)5-14(28)26-1-2-27-13(7-26)24-25-15(27)16(20,21)22;1-4-5-6(2)3;1-4-5(2)3;;;;;/h1-5,9,11,15,21,32H,6-8,10,12H2,(H2,31,38);4,6,9H,1-3,5,7,23H2;1H;1H;1H2;4*1H/t15-,21+;9-;;;;;;;/m11......./s1. The largest absolute Gasteiger partial charge is 0.565 e. The number of carbonyl (C=O) groups is 3. The molecule has 0 saturated carbocycles. The molecule has 0 saturated heterocycles. The summed E-state index contributed by atoms with van der Waals surface area (Å²) in [5.74, 6) is -11.5.